The van der Waals surface area contributed by atoms with Crippen LogP contribution in [0.1, 0.15) is 44.4 Å². The van der Waals surface area contributed by atoms with E-state index in [1.807, 2.05) is 12.1 Å². The minimum Gasteiger partial charge on any atom is -0.496 e. The van der Waals surface area contributed by atoms with E-state index in [2.05, 4.69) is 59.6 Å². The molecule has 0 aromatic heterocycles. The van der Waals surface area contributed by atoms with Crippen LogP contribution in [0.4, 0.5) is 0 Å². The van der Waals surface area contributed by atoms with Gasteiger partial charge in [0.25, 0.3) is 0 Å². The summed E-state index contributed by atoms with van der Waals surface area (Å²) in [5.41, 5.74) is 1.62. The second-order valence-electron chi connectivity index (χ2n) is 11.3. The number of hydrogen-bond acceptors (Lipinski definition) is 4. The van der Waals surface area contributed by atoms with E-state index < -0.39 is 22.0 Å². The summed E-state index contributed by atoms with van der Waals surface area (Å²) in [5, 5.41) is -0.105. The molecule has 2 aliphatic carbocycles. The lowest BCUT2D eigenvalue weighted by Crippen LogP contribution is -2.60. The summed E-state index contributed by atoms with van der Waals surface area (Å²) in [5.74, 6) is 0.853. The molecule has 162 valence electrons. The molecule has 0 N–H and O–H groups in total. The van der Waals surface area contributed by atoms with Crippen molar-refractivity contribution in [3.8, 4) is 5.75 Å². The van der Waals surface area contributed by atoms with Crippen LogP contribution in [0.25, 0.3) is 0 Å². The van der Waals surface area contributed by atoms with Gasteiger partial charge in [-0.2, -0.15) is 0 Å². The Morgan fingerprint density at radius 3 is 2.14 bits per heavy atom. The maximum Gasteiger partial charge on any atom is 0.193 e. The minimum absolute atomic E-state index is 0.0118. The number of methoxy groups -OCH3 is 2. The lowest BCUT2D eigenvalue weighted by molar-refractivity contribution is -0.149. The number of fused-ring (bicyclic) bond motifs is 1. The van der Waals surface area contributed by atoms with Gasteiger partial charge in [-0.05, 0) is 36.2 Å². The maximum absolute atomic E-state index is 12.1. The van der Waals surface area contributed by atoms with Crippen molar-refractivity contribution in [3.05, 3.63) is 29.3 Å². The lowest BCUT2D eigenvalue weighted by atomic mass is 9.66. The summed E-state index contributed by atoms with van der Waals surface area (Å²) in [6.45, 7) is 18.4. The zero-order valence-electron chi connectivity index (χ0n) is 19.8. The Hall–Kier alpha value is -0.956. The monoisotopic (exact) mass is 434 g/mol. The van der Waals surface area contributed by atoms with Crippen LogP contribution in [0.3, 0.4) is 0 Å². The molecule has 0 saturated heterocycles. The lowest BCUT2D eigenvalue weighted by Gasteiger charge is -2.60. The van der Waals surface area contributed by atoms with Crippen LogP contribution in [0, 0.1) is 5.92 Å². The van der Waals surface area contributed by atoms with Crippen LogP contribution in [-0.2, 0) is 19.6 Å². The first-order valence-electron chi connectivity index (χ1n) is 10.6. The fourth-order valence-corrected chi connectivity index (χ4v) is 10.1. The molecule has 1 saturated carbocycles. The summed E-state index contributed by atoms with van der Waals surface area (Å²) < 4.78 is 19.3. The number of carbonyl (C=O) groups is 1. The summed E-state index contributed by atoms with van der Waals surface area (Å²) in [7, 11) is -0.400. The molecule has 0 heterocycles. The van der Waals surface area contributed by atoms with Crippen LogP contribution in [-0.4, -0.2) is 36.9 Å². The summed E-state index contributed by atoms with van der Waals surface area (Å²) in [6.07, 6.45) is 1.85. The third-order valence-electron chi connectivity index (χ3n) is 8.02. The van der Waals surface area contributed by atoms with Gasteiger partial charge in [0, 0.05) is 23.6 Å². The smallest absolute Gasteiger partial charge is 0.193 e. The molecule has 2 aliphatic rings. The van der Waals surface area contributed by atoms with Gasteiger partial charge in [-0.1, -0.05) is 52.5 Å². The average molecular weight is 435 g/mol. The van der Waals surface area contributed by atoms with Crippen molar-refractivity contribution in [3.63, 3.8) is 0 Å². The van der Waals surface area contributed by atoms with E-state index in [1.165, 1.54) is 0 Å². The summed E-state index contributed by atoms with van der Waals surface area (Å²) in [4.78, 5) is 12.1. The largest absolute Gasteiger partial charge is 0.496 e. The fraction of sp³-hybridized carbons (Fsp3) is 0.696. The molecule has 0 unspecified atom stereocenters. The molecule has 3 rings (SSSR count). The summed E-state index contributed by atoms with van der Waals surface area (Å²) in [6, 6.07) is 6.18. The molecule has 0 aliphatic heterocycles. The summed E-state index contributed by atoms with van der Waals surface area (Å²) >= 11 is 0. The highest BCUT2D eigenvalue weighted by molar-refractivity contribution is 6.80. The molecule has 0 spiro atoms. The number of hydrogen-bond donors (Lipinski definition) is 0. The predicted molar refractivity (Wildman–Crippen MR) is 123 cm³/mol. The molecule has 29 heavy (non-hydrogen) atoms. The normalized spacial score (nSPS) is 31.7. The van der Waals surface area contributed by atoms with Crippen LogP contribution in [0.2, 0.25) is 42.8 Å². The zero-order valence-corrected chi connectivity index (χ0v) is 21.8. The number of aldehydes is 1. The number of benzene rings is 1. The number of ether oxygens (including phenoxy) is 2. The van der Waals surface area contributed by atoms with Gasteiger partial charge in [-0.25, -0.2) is 0 Å². The molecule has 0 amide bonds. The number of rotatable bonds is 7. The van der Waals surface area contributed by atoms with Crippen LogP contribution in [0.5, 0.6) is 5.75 Å². The Morgan fingerprint density at radius 1 is 1.10 bits per heavy atom. The highest BCUT2D eigenvalue weighted by atomic mass is 28.4. The van der Waals surface area contributed by atoms with Crippen molar-refractivity contribution >= 4 is 22.7 Å². The first-order chi connectivity index (χ1) is 13.2. The topological polar surface area (TPSA) is 44.8 Å². The molecule has 4 nitrogen and oxygen atoms in total. The van der Waals surface area contributed by atoms with Gasteiger partial charge in [-0.15, -0.1) is 0 Å². The van der Waals surface area contributed by atoms with E-state index in [4.69, 9.17) is 13.9 Å². The van der Waals surface area contributed by atoms with Crippen molar-refractivity contribution in [2.75, 3.05) is 14.2 Å². The van der Waals surface area contributed by atoms with Gasteiger partial charge in [0.15, 0.2) is 8.32 Å². The molecule has 1 fully saturated rings. The Morgan fingerprint density at radius 2 is 1.72 bits per heavy atom. The van der Waals surface area contributed by atoms with Crippen molar-refractivity contribution in [1.29, 1.82) is 0 Å². The van der Waals surface area contributed by atoms with Crippen molar-refractivity contribution in [2.45, 2.75) is 81.7 Å². The minimum atomic E-state index is -2.07. The second kappa shape index (κ2) is 6.77. The van der Waals surface area contributed by atoms with E-state index >= 15 is 0 Å². The molecule has 0 bridgehead atoms. The van der Waals surface area contributed by atoms with Crippen molar-refractivity contribution < 1.29 is 18.7 Å². The van der Waals surface area contributed by atoms with Crippen molar-refractivity contribution in [2.24, 2.45) is 5.92 Å². The second-order valence-corrected chi connectivity index (χ2v) is 21.4. The molecular weight excluding hydrogens is 396 g/mol. The van der Waals surface area contributed by atoms with E-state index in [-0.39, 0.29) is 22.1 Å². The van der Waals surface area contributed by atoms with Gasteiger partial charge in [0.2, 0.25) is 0 Å². The fourth-order valence-electron chi connectivity index (χ4n) is 5.37. The quantitative estimate of drug-likeness (QED) is 0.395. The molecule has 1 aromatic rings. The first-order valence-corrected chi connectivity index (χ1v) is 17.0. The van der Waals surface area contributed by atoms with Gasteiger partial charge in [0.05, 0.1) is 15.2 Å². The Kier molecular flexibility index (Phi) is 5.31. The Balaban J connectivity index is 2.25. The zero-order chi connectivity index (χ0) is 22.0. The SMILES string of the molecule is COc1cccc2c1[C@](OC)([C@]1([Si](C)(C)C)C[C@H]1C=O)[C@H]2O[Si](C)(C)C(C)(C)C. The molecule has 0 radical (unpaired) electrons. The van der Waals surface area contributed by atoms with E-state index in [0.29, 0.717) is 0 Å². The highest BCUT2D eigenvalue weighted by Crippen LogP contribution is 2.82. The maximum atomic E-state index is 12.1. The van der Waals surface area contributed by atoms with Crippen LogP contribution < -0.4 is 4.74 Å². The Bertz CT molecular complexity index is 808. The first kappa shape index (κ1) is 22.7. The predicted octanol–water partition coefficient (Wildman–Crippen LogP) is 5.91. The van der Waals surface area contributed by atoms with E-state index in [0.717, 1.165) is 29.6 Å². The number of carbonyl (C=O) groups excluding carboxylic acids is 1. The molecular formula is C23H38O4Si2. The van der Waals surface area contributed by atoms with Crippen molar-refractivity contribution in [1.82, 2.24) is 0 Å². The third-order valence-corrected chi connectivity index (χ3v) is 16.1. The standard InChI is InChI=1S/C23H38O4Si2/c1-21(2,3)29(9,10)27-20-17-12-11-13-18(25-4)19(17)23(20,26-5)22(28(6,7)8)14-16(22)15-24/h11-13,15-16,20H,14H2,1-10H3/t16-,20-,22-,23+/m0/s1. The molecule has 6 heteroatoms. The van der Waals surface area contributed by atoms with Gasteiger partial charge in [-0.3, -0.25) is 0 Å². The van der Waals surface area contributed by atoms with Gasteiger partial charge < -0.3 is 18.7 Å². The van der Waals surface area contributed by atoms with E-state index in [9.17, 15) is 4.79 Å². The van der Waals surface area contributed by atoms with Gasteiger partial charge >= 0.3 is 0 Å². The van der Waals surface area contributed by atoms with Crippen LogP contribution in [0.15, 0.2) is 18.2 Å². The average Bonchev–Trinajstić information content (AvgIpc) is 3.36. The van der Waals surface area contributed by atoms with E-state index in [1.54, 1.807) is 14.2 Å². The van der Waals surface area contributed by atoms with Crippen LogP contribution >= 0.6 is 0 Å². The molecule has 4 atom stereocenters. The molecule has 1 aromatic carbocycles. The highest BCUT2D eigenvalue weighted by Gasteiger charge is 2.79. The van der Waals surface area contributed by atoms with Gasteiger partial charge in [0.1, 0.15) is 23.7 Å². The third kappa shape index (κ3) is 2.86. The Labute approximate surface area is 178 Å².